The van der Waals surface area contributed by atoms with Crippen LogP contribution in [0, 0.1) is 5.92 Å². The fourth-order valence-corrected chi connectivity index (χ4v) is 5.53. The smallest absolute Gasteiger partial charge is 0.311 e. The van der Waals surface area contributed by atoms with E-state index in [4.69, 9.17) is 18.6 Å². The zero-order valence-electron chi connectivity index (χ0n) is 21.1. The number of hydrogen-bond acceptors (Lipinski definition) is 7. The van der Waals surface area contributed by atoms with E-state index in [1.54, 1.807) is 60.2 Å². The predicted octanol–water partition coefficient (Wildman–Crippen LogP) is 3.45. The van der Waals surface area contributed by atoms with Crippen LogP contribution in [0.5, 0.6) is 5.75 Å². The minimum Gasteiger partial charge on any atom is -0.497 e. The van der Waals surface area contributed by atoms with Gasteiger partial charge in [0.2, 0.25) is 5.91 Å². The minimum atomic E-state index is -1.22. The lowest BCUT2D eigenvalue weighted by Crippen LogP contribution is -2.58. The van der Waals surface area contributed by atoms with Gasteiger partial charge in [0.25, 0.3) is 5.91 Å². The second-order valence-electron chi connectivity index (χ2n) is 9.20. The van der Waals surface area contributed by atoms with Crippen LogP contribution in [0.3, 0.4) is 0 Å². The molecule has 0 radical (unpaired) electrons. The number of benzene rings is 1. The Balaban J connectivity index is 1.87. The van der Waals surface area contributed by atoms with Gasteiger partial charge in [-0.05, 0) is 62.9 Å². The van der Waals surface area contributed by atoms with E-state index in [9.17, 15) is 14.4 Å². The Bertz CT molecular complexity index is 1070. The maximum absolute atomic E-state index is 14.3. The molecule has 36 heavy (non-hydrogen) atoms. The van der Waals surface area contributed by atoms with Crippen molar-refractivity contribution in [2.75, 3.05) is 40.5 Å². The van der Waals surface area contributed by atoms with Gasteiger partial charge < -0.3 is 28.4 Å². The number of ether oxygens (including phenoxy) is 3. The van der Waals surface area contributed by atoms with Crippen molar-refractivity contribution in [1.82, 2.24) is 9.80 Å². The van der Waals surface area contributed by atoms with Gasteiger partial charge in [-0.2, -0.15) is 0 Å². The van der Waals surface area contributed by atoms with E-state index in [0.29, 0.717) is 43.2 Å². The van der Waals surface area contributed by atoms with Gasteiger partial charge in [-0.25, -0.2) is 0 Å². The third-order valence-corrected chi connectivity index (χ3v) is 7.16. The van der Waals surface area contributed by atoms with E-state index >= 15 is 0 Å². The summed E-state index contributed by atoms with van der Waals surface area (Å²) in [6.45, 7) is 3.31. The van der Waals surface area contributed by atoms with E-state index in [0.717, 1.165) is 12.8 Å². The largest absolute Gasteiger partial charge is 0.497 e. The average molecular weight is 499 g/mol. The number of likely N-dealkylation sites (tertiary alicyclic amines) is 2. The van der Waals surface area contributed by atoms with E-state index in [-0.39, 0.29) is 24.8 Å². The number of furan rings is 1. The molecule has 0 saturated carbocycles. The molecule has 0 bridgehead atoms. The van der Waals surface area contributed by atoms with E-state index in [2.05, 4.69) is 0 Å². The molecule has 2 aromatic rings. The number of nitrogens with zero attached hydrogens (tertiary/aromatic N) is 2. The molecule has 0 unspecified atom stereocenters. The van der Waals surface area contributed by atoms with Crippen LogP contribution in [0.4, 0.5) is 0 Å². The monoisotopic (exact) mass is 498 g/mol. The van der Waals surface area contributed by atoms with Crippen LogP contribution in [0.1, 0.15) is 54.8 Å². The summed E-state index contributed by atoms with van der Waals surface area (Å²) in [4.78, 5) is 45.1. The number of carbonyl (C=O) groups excluding carboxylic acids is 3. The van der Waals surface area contributed by atoms with Gasteiger partial charge in [-0.3, -0.25) is 14.4 Å². The summed E-state index contributed by atoms with van der Waals surface area (Å²) >= 11 is 0. The molecule has 1 spiro atoms. The molecule has 9 heteroatoms. The fraction of sp³-hybridized carbons (Fsp3) is 0.519. The zero-order valence-corrected chi connectivity index (χ0v) is 21.1. The first-order chi connectivity index (χ1) is 17.5. The van der Waals surface area contributed by atoms with Crippen LogP contribution in [-0.2, 0) is 19.1 Å². The standard InChI is InChI=1S/C27H34N2O7/c1-4-35-25(31)21-18-27(12-5-6-13-28(26(27)32)14-16-33-2)29(23(21)22-11-8-15-36-22)24(30)19-9-7-10-20(17-19)34-3/h7-11,15,17,21,23H,4-6,12-14,16,18H2,1-3H3/t21-,23+,27-/m0/s1. The van der Waals surface area contributed by atoms with Crippen molar-refractivity contribution in [3.8, 4) is 5.75 Å². The number of carbonyl (C=O) groups is 3. The lowest BCUT2D eigenvalue weighted by Gasteiger charge is -2.41. The van der Waals surface area contributed by atoms with Crippen LogP contribution in [-0.4, -0.2) is 73.6 Å². The fourth-order valence-electron chi connectivity index (χ4n) is 5.53. The molecule has 4 rings (SSSR count). The molecule has 2 fully saturated rings. The molecular formula is C27H34N2O7. The lowest BCUT2D eigenvalue weighted by atomic mass is 9.85. The first-order valence-corrected chi connectivity index (χ1v) is 12.4. The Morgan fingerprint density at radius 3 is 2.69 bits per heavy atom. The lowest BCUT2D eigenvalue weighted by molar-refractivity contribution is -0.149. The number of amides is 2. The Hall–Kier alpha value is -3.33. The number of esters is 1. The first-order valence-electron chi connectivity index (χ1n) is 12.4. The quantitative estimate of drug-likeness (QED) is 0.514. The van der Waals surface area contributed by atoms with Gasteiger partial charge in [-0.1, -0.05) is 6.07 Å². The SMILES string of the molecule is CCOC(=O)[C@H]1C[C@]2(CCCCN(CCOC)C2=O)N(C(=O)c2cccc(OC)c2)[C@H]1c1ccco1. The highest BCUT2D eigenvalue weighted by molar-refractivity contribution is 6.01. The van der Waals surface area contributed by atoms with Gasteiger partial charge in [0.15, 0.2) is 0 Å². The topological polar surface area (TPSA) is 98.5 Å². The number of methoxy groups -OCH3 is 2. The molecule has 3 heterocycles. The van der Waals surface area contributed by atoms with Crippen molar-refractivity contribution in [1.29, 1.82) is 0 Å². The summed E-state index contributed by atoms with van der Waals surface area (Å²) in [5.74, 6) is -0.751. The molecule has 9 nitrogen and oxygen atoms in total. The van der Waals surface area contributed by atoms with Crippen molar-refractivity contribution in [2.45, 2.75) is 44.2 Å². The van der Waals surface area contributed by atoms with Crippen LogP contribution in [0.2, 0.25) is 0 Å². The van der Waals surface area contributed by atoms with Crippen LogP contribution < -0.4 is 4.74 Å². The van der Waals surface area contributed by atoms with Gasteiger partial charge in [-0.15, -0.1) is 0 Å². The Kier molecular flexibility index (Phi) is 7.98. The Labute approximate surface area is 211 Å². The zero-order chi connectivity index (χ0) is 25.7. The first kappa shape index (κ1) is 25.8. The summed E-state index contributed by atoms with van der Waals surface area (Å²) in [5, 5.41) is 0. The van der Waals surface area contributed by atoms with E-state index < -0.39 is 23.5 Å². The van der Waals surface area contributed by atoms with E-state index in [1.807, 2.05) is 0 Å². The minimum absolute atomic E-state index is 0.162. The molecule has 1 aromatic heterocycles. The molecule has 1 aromatic carbocycles. The summed E-state index contributed by atoms with van der Waals surface area (Å²) in [6, 6.07) is 9.51. The molecule has 2 aliphatic rings. The number of rotatable bonds is 8. The average Bonchev–Trinajstić information content (AvgIpc) is 3.51. The molecular weight excluding hydrogens is 464 g/mol. The van der Waals surface area contributed by atoms with Crippen molar-refractivity contribution < 1.29 is 33.0 Å². The normalized spacial score (nSPS) is 24.1. The van der Waals surface area contributed by atoms with Crippen LogP contribution in [0.25, 0.3) is 0 Å². The van der Waals surface area contributed by atoms with Gasteiger partial charge in [0.05, 0.1) is 32.5 Å². The molecule has 2 aliphatic heterocycles. The highest BCUT2D eigenvalue weighted by Gasteiger charge is 2.62. The third kappa shape index (κ3) is 4.72. The number of hydrogen-bond donors (Lipinski definition) is 0. The highest BCUT2D eigenvalue weighted by Crippen LogP contribution is 2.52. The molecule has 2 saturated heterocycles. The summed E-state index contributed by atoms with van der Waals surface area (Å²) < 4.78 is 21.8. The second-order valence-corrected chi connectivity index (χ2v) is 9.20. The third-order valence-electron chi connectivity index (χ3n) is 7.16. The van der Waals surface area contributed by atoms with Crippen molar-refractivity contribution in [3.05, 3.63) is 54.0 Å². The second kappa shape index (κ2) is 11.2. The van der Waals surface area contributed by atoms with Crippen molar-refractivity contribution in [3.63, 3.8) is 0 Å². The van der Waals surface area contributed by atoms with Crippen molar-refractivity contribution in [2.24, 2.45) is 5.92 Å². The van der Waals surface area contributed by atoms with Gasteiger partial charge >= 0.3 is 5.97 Å². The molecule has 2 amide bonds. The van der Waals surface area contributed by atoms with Gasteiger partial charge in [0, 0.05) is 25.8 Å². The maximum Gasteiger partial charge on any atom is 0.311 e. The molecule has 0 aliphatic carbocycles. The molecule has 194 valence electrons. The Morgan fingerprint density at radius 2 is 2.00 bits per heavy atom. The highest BCUT2D eigenvalue weighted by atomic mass is 16.5. The Morgan fingerprint density at radius 1 is 1.17 bits per heavy atom. The summed E-state index contributed by atoms with van der Waals surface area (Å²) in [6.07, 6.45) is 3.65. The summed E-state index contributed by atoms with van der Waals surface area (Å²) in [5.41, 5.74) is -0.852. The molecule has 3 atom stereocenters. The van der Waals surface area contributed by atoms with Crippen LogP contribution in [0.15, 0.2) is 47.1 Å². The van der Waals surface area contributed by atoms with Crippen molar-refractivity contribution >= 4 is 17.8 Å². The van der Waals surface area contributed by atoms with E-state index in [1.165, 1.54) is 13.4 Å². The summed E-state index contributed by atoms with van der Waals surface area (Å²) in [7, 11) is 3.13. The van der Waals surface area contributed by atoms with Gasteiger partial charge in [0.1, 0.15) is 23.1 Å². The maximum atomic E-state index is 14.3. The predicted molar refractivity (Wildman–Crippen MR) is 130 cm³/mol. The van der Waals surface area contributed by atoms with Crippen LogP contribution >= 0.6 is 0 Å². The molecule has 0 N–H and O–H groups in total.